The number of ether oxygens (including phenoxy) is 1. The van der Waals surface area contributed by atoms with E-state index in [4.69, 9.17) is 4.74 Å². The number of methoxy groups -OCH3 is 1. The number of carbonyl (C=O) groups excluding carboxylic acids is 2. The minimum absolute atomic E-state index is 0.0224. The zero-order valence-corrected chi connectivity index (χ0v) is 13.7. The number of hydrogen-bond acceptors (Lipinski definition) is 4. The highest BCUT2D eigenvalue weighted by Gasteiger charge is 2.47. The Morgan fingerprint density at radius 3 is 2.78 bits per heavy atom. The number of amides is 2. The van der Waals surface area contributed by atoms with Crippen molar-refractivity contribution in [2.75, 3.05) is 39.9 Å². The molecule has 0 bridgehead atoms. The minimum atomic E-state index is -0.0568. The molecule has 0 aromatic carbocycles. The lowest BCUT2D eigenvalue weighted by Gasteiger charge is -2.21. The number of fused-ring (bicyclic) bond motifs is 1. The Morgan fingerprint density at radius 2 is 2.17 bits per heavy atom. The lowest BCUT2D eigenvalue weighted by molar-refractivity contribution is -0.131. The Labute approximate surface area is 136 Å². The summed E-state index contributed by atoms with van der Waals surface area (Å²) in [6.07, 6.45) is 2.50. The molecule has 0 aliphatic carbocycles. The van der Waals surface area contributed by atoms with Crippen molar-refractivity contribution in [3.8, 4) is 0 Å². The van der Waals surface area contributed by atoms with Crippen molar-refractivity contribution >= 4 is 11.8 Å². The van der Waals surface area contributed by atoms with Crippen LogP contribution in [0.1, 0.15) is 23.0 Å². The molecule has 2 amide bonds. The molecule has 0 saturated carbocycles. The average molecular weight is 317 g/mol. The summed E-state index contributed by atoms with van der Waals surface area (Å²) in [4.78, 5) is 32.9. The third kappa shape index (κ3) is 3.08. The molecule has 0 radical (unpaired) electrons. The van der Waals surface area contributed by atoms with Gasteiger partial charge in [-0.3, -0.25) is 14.6 Å². The Balaban J connectivity index is 1.62. The van der Waals surface area contributed by atoms with Gasteiger partial charge in [-0.25, -0.2) is 0 Å². The van der Waals surface area contributed by atoms with E-state index in [0.717, 1.165) is 18.7 Å². The van der Waals surface area contributed by atoms with Crippen LogP contribution < -0.4 is 0 Å². The highest BCUT2D eigenvalue weighted by Crippen LogP contribution is 2.32. The molecule has 3 heterocycles. The second-order valence-electron chi connectivity index (χ2n) is 6.25. The van der Waals surface area contributed by atoms with Crippen molar-refractivity contribution in [1.29, 1.82) is 0 Å². The van der Waals surface area contributed by atoms with Gasteiger partial charge in [-0.2, -0.15) is 0 Å². The van der Waals surface area contributed by atoms with E-state index in [2.05, 4.69) is 4.98 Å². The molecule has 124 valence electrons. The predicted octanol–water partition coefficient (Wildman–Crippen LogP) is 0.821. The van der Waals surface area contributed by atoms with E-state index in [1.54, 1.807) is 18.2 Å². The molecule has 2 aliphatic rings. The third-order valence-corrected chi connectivity index (χ3v) is 4.81. The van der Waals surface area contributed by atoms with Crippen LogP contribution in [0.15, 0.2) is 18.3 Å². The molecular weight excluding hydrogens is 294 g/mol. The van der Waals surface area contributed by atoms with Crippen LogP contribution in [-0.4, -0.2) is 66.5 Å². The molecule has 2 aliphatic heterocycles. The highest BCUT2D eigenvalue weighted by atomic mass is 16.5. The van der Waals surface area contributed by atoms with Crippen LogP contribution in [-0.2, 0) is 16.0 Å². The molecule has 6 heteroatoms. The van der Waals surface area contributed by atoms with E-state index >= 15 is 0 Å². The van der Waals surface area contributed by atoms with Crippen molar-refractivity contribution < 1.29 is 14.3 Å². The molecule has 3 rings (SSSR count). The van der Waals surface area contributed by atoms with Gasteiger partial charge in [0.15, 0.2) is 0 Å². The van der Waals surface area contributed by atoms with Crippen LogP contribution in [0.4, 0.5) is 0 Å². The number of carbonyl (C=O) groups is 2. The molecule has 2 saturated heterocycles. The van der Waals surface area contributed by atoms with Crippen molar-refractivity contribution in [2.24, 2.45) is 11.8 Å². The maximum absolute atomic E-state index is 12.6. The number of pyridine rings is 1. The van der Waals surface area contributed by atoms with Gasteiger partial charge in [-0.05, 0) is 18.6 Å². The van der Waals surface area contributed by atoms with E-state index in [0.29, 0.717) is 31.8 Å². The maximum atomic E-state index is 12.6. The Kier molecular flexibility index (Phi) is 4.61. The zero-order valence-electron chi connectivity index (χ0n) is 13.7. The van der Waals surface area contributed by atoms with Crippen LogP contribution in [0.5, 0.6) is 0 Å². The largest absolute Gasteiger partial charge is 0.383 e. The summed E-state index contributed by atoms with van der Waals surface area (Å²) in [6.45, 7) is 5.12. The Bertz CT molecular complexity index is 587. The van der Waals surface area contributed by atoms with E-state index in [1.165, 1.54) is 0 Å². The van der Waals surface area contributed by atoms with Gasteiger partial charge in [0.25, 0.3) is 5.91 Å². The van der Waals surface area contributed by atoms with Gasteiger partial charge < -0.3 is 14.5 Å². The number of aryl methyl sites for hydroxylation is 1. The van der Waals surface area contributed by atoms with Gasteiger partial charge in [0, 0.05) is 51.1 Å². The summed E-state index contributed by atoms with van der Waals surface area (Å²) in [5, 5.41) is 0. The first-order valence-electron chi connectivity index (χ1n) is 8.16. The van der Waals surface area contributed by atoms with Gasteiger partial charge in [0.1, 0.15) is 0 Å². The molecule has 0 N–H and O–H groups in total. The second kappa shape index (κ2) is 6.66. The summed E-state index contributed by atoms with van der Waals surface area (Å²) in [6, 6.07) is 3.72. The molecule has 0 spiro atoms. The first-order chi connectivity index (χ1) is 11.1. The minimum Gasteiger partial charge on any atom is -0.383 e. The van der Waals surface area contributed by atoms with Gasteiger partial charge in [-0.1, -0.05) is 6.92 Å². The lowest BCUT2D eigenvalue weighted by atomic mass is 10.0. The monoisotopic (exact) mass is 317 g/mol. The average Bonchev–Trinajstić information content (AvgIpc) is 3.12. The number of aromatic nitrogens is 1. The predicted molar refractivity (Wildman–Crippen MR) is 85.0 cm³/mol. The summed E-state index contributed by atoms with van der Waals surface area (Å²) in [5.41, 5.74) is 1.58. The quantitative estimate of drug-likeness (QED) is 0.807. The number of hydrogen-bond donors (Lipinski definition) is 0. The smallest absolute Gasteiger partial charge is 0.255 e. The van der Waals surface area contributed by atoms with Crippen LogP contribution in [0.2, 0.25) is 0 Å². The fraction of sp³-hybridized carbons (Fsp3) is 0.588. The van der Waals surface area contributed by atoms with Crippen molar-refractivity contribution in [3.63, 3.8) is 0 Å². The molecule has 1 aromatic rings. The van der Waals surface area contributed by atoms with E-state index in [-0.39, 0.29) is 23.7 Å². The molecule has 2 atom stereocenters. The molecule has 6 nitrogen and oxygen atoms in total. The summed E-state index contributed by atoms with van der Waals surface area (Å²) in [7, 11) is 1.64. The van der Waals surface area contributed by atoms with Gasteiger partial charge in [-0.15, -0.1) is 0 Å². The molecule has 1 aromatic heterocycles. The standard InChI is InChI=1S/C17H23N3O3/c1-3-14-5-4-12(8-18-14)16(21)20-10-13-9-19(6-7-23-2)17(22)15(13)11-20/h4-5,8,13,15H,3,6-7,9-11H2,1-2H3/t13-,15+/m1/s1. The first kappa shape index (κ1) is 15.9. The fourth-order valence-corrected chi connectivity index (χ4v) is 3.46. The van der Waals surface area contributed by atoms with Crippen LogP contribution in [0, 0.1) is 11.8 Å². The van der Waals surface area contributed by atoms with Crippen molar-refractivity contribution in [3.05, 3.63) is 29.6 Å². The SMILES string of the molecule is CCc1ccc(C(=O)N2C[C@H]3CN(CCOC)C(=O)[C@H]3C2)cn1. The molecule has 2 fully saturated rings. The zero-order chi connectivity index (χ0) is 16.4. The lowest BCUT2D eigenvalue weighted by Crippen LogP contribution is -2.37. The number of rotatable bonds is 5. The summed E-state index contributed by atoms with van der Waals surface area (Å²) in [5.74, 6) is 0.317. The maximum Gasteiger partial charge on any atom is 0.255 e. The Hall–Kier alpha value is -1.95. The van der Waals surface area contributed by atoms with Crippen molar-refractivity contribution in [1.82, 2.24) is 14.8 Å². The summed E-state index contributed by atoms with van der Waals surface area (Å²) < 4.78 is 5.04. The fourth-order valence-electron chi connectivity index (χ4n) is 3.46. The van der Waals surface area contributed by atoms with Crippen LogP contribution in [0.25, 0.3) is 0 Å². The normalized spacial score (nSPS) is 23.5. The van der Waals surface area contributed by atoms with Crippen LogP contribution >= 0.6 is 0 Å². The van der Waals surface area contributed by atoms with E-state index < -0.39 is 0 Å². The van der Waals surface area contributed by atoms with Gasteiger partial charge >= 0.3 is 0 Å². The number of nitrogens with zero attached hydrogens (tertiary/aromatic N) is 3. The highest BCUT2D eigenvalue weighted by molar-refractivity contribution is 5.95. The van der Waals surface area contributed by atoms with Gasteiger partial charge in [0.05, 0.1) is 18.1 Å². The van der Waals surface area contributed by atoms with Crippen LogP contribution in [0.3, 0.4) is 0 Å². The van der Waals surface area contributed by atoms with E-state index in [9.17, 15) is 9.59 Å². The van der Waals surface area contributed by atoms with Gasteiger partial charge in [0.2, 0.25) is 5.91 Å². The molecule has 23 heavy (non-hydrogen) atoms. The van der Waals surface area contributed by atoms with Crippen molar-refractivity contribution in [2.45, 2.75) is 13.3 Å². The molecular formula is C17H23N3O3. The first-order valence-corrected chi connectivity index (χ1v) is 8.16. The summed E-state index contributed by atoms with van der Waals surface area (Å²) >= 11 is 0. The molecule has 0 unspecified atom stereocenters. The Morgan fingerprint density at radius 1 is 1.35 bits per heavy atom. The second-order valence-corrected chi connectivity index (χ2v) is 6.25. The number of likely N-dealkylation sites (tertiary alicyclic amines) is 2. The van der Waals surface area contributed by atoms with E-state index in [1.807, 2.05) is 24.0 Å². The third-order valence-electron chi connectivity index (χ3n) is 4.81. The topological polar surface area (TPSA) is 62.7 Å².